The summed E-state index contributed by atoms with van der Waals surface area (Å²) < 4.78 is 19.0. The lowest BCUT2D eigenvalue weighted by molar-refractivity contribution is 0.296. The monoisotopic (exact) mass is 332 g/mol. The third-order valence-electron chi connectivity index (χ3n) is 3.71. The molecule has 0 spiro atoms. The van der Waals surface area contributed by atoms with Gasteiger partial charge in [0.2, 0.25) is 0 Å². The van der Waals surface area contributed by atoms with Gasteiger partial charge in [0.05, 0.1) is 11.6 Å². The summed E-state index contributed by atoms with van der Waals surface area (Å²) in [5.41, 5.74) is 6.37. The van der Waals surface area contributed by atoms with Crippen molar-refractivity contribution in [2.45, 2.75) is 12.5 Å². The van der Waals surface area contributed by atoms with E-state index in [2.05, 4.69) is 20.8 Å². The Labute approximate surface area is 120 Å². The van der Waals surface area contributed by atoms with Gasteiger partial charge in [-0.2, -0.15) is 0 Å². The number of phenolic OH excluding ortho intramolecular Hbond substituents is 1. The molecule has 0 amide bonds. The molecule has 1 aromatic carbocycles. The molecule has 6 heteroatoms. The first-order valence-electron chi connectivity index (χ1n) is 6.14. The van der Waals surface area contributed by atoms with E-state index < -0.39 is 5.82 Å². The minimum Gasteiger partial charge on any atom is -0.504 e. The predicted octanol–water partition coefficient (Wildman–Crippen LogP) is 2.25. The summed E-state index contributed by atoms with van der Waals surface area (Å²) >= 11 is 3.16. The number of phenols is 1. The molecule has 2 atom stereocenters. The molecule has 0 bridgehead atoms. The molecule has 1 aliphatic heterocycles. The molecule has 2 unspecified atom stereocenters. The maximum atomic E-state index is 13.8. The molecule has 1 aliphatic rings. The number of hydrogen-bond donors (Lipinski definition) is 2. The van der Waals surface area contributed by atoms with Crippen LogP contribution < -0.4 is 10.5 Å². The number of aromatic hydroxyl groups is 1. The predicted molar refractivity (Wildman–Crippen MR) is 74.8 cm³/mol. The van der Waals surface area contributed by atoms with Crippen LogP contribution in [0.1, 0.15) is 18.0 Å². The number of likely N-dealkylation sites (tertiary alicyclic amines) is 1. The van der Waals surface area contributed by atoms with Crippen LogP contribution in [0.3, 0.4) is 0 Å². The smallest absolute Gasteiger partial charge is 0.198 e. The lowest BCUT2D eigenvalue weighted by atomic mass is 9.98. The van der Waals surface area contributed by atoms with Crippen LogP contribution in [0.15, 0.2) is 10.5 Å². The number of ether oxygens (including phenoxy) is 1. The third kappa shape index (κ3) is 2.57. The largest absolute Gasteiger partial charge is 0.504 e. The summed E-state index contributed by atoms with van der Waals surface area (Å²) in [6, 6.07) is 1.65. The molecule has 1 heterocycles. The number of hydrogen-bond acceptors (Lipinski definition) is 4. The van der Waals surface area contributed by atoms with Crippen LogP contribution in [-0.2, 0) is 0 Å². The highest BCUT2D eigenvalue weighted by molar-refractivity contribution is 9.10. The highest BCUT2D eigenvalue weighted by Crippen LogP contribution is 2.45. The maximum Gasteiger partial charge on any atom is 0.198 e. The van der Waals surface area contributed by atoms with Crippen LogP contribution in [0.4, 0.5) is 4.39 Å². The topological polar surface area (TPSA) is 58.7 Å². The van der Waals surface area contributed by atoms with Crippen LogP contribution >= 0.6 is 15.9 Å². The molecule has 106 valence electrons. The number of rotatable bonds is 3. The molecule has 1 fully saturated rings. The molecule has 0 aromatic heterocycles. The van der Waals surface area contributed by atoms with Crippen LogP contribution in [-0.4, -0.2) is 37.3 Å². The first-order valence-corrected chi connectivity index (χ1v) is 6.94. The molecular weight excluding hydrogens is 315 g/mol. The van der Waals surface area contributed by atoms with Gasteiger partial charge in [-0.25, -0.2) is 4.39 Å². The van der Waals surface area contributed by atoms with Crippen molar-refractivity contribution >= 4 is 15.9 Å². The fraction of sp³-hybridized carbons (Fsp3) is 0.538. The Balaban J connectivity index is 2.43. The zero-order valence-corrected chi connectivity index (χ0v) is 12.6. The van der Waals surface area contributed by atoms with Gasteiger partial charge in [0.25, 0.3) is 0 Å². The van der Waals surface area contributed by atoms with E-state index in [9.17, 15) is 9.50 Å². The van der Waals surface area contributed by atoms with Crippen molar-refractivity contribution < 1.29 is 14.2 Å². The Kier molecular flexibility index (Phi) is 4.32. The maximum absolute atomic E-state index is 13.8. The molecule has 1 saturated heterocycles. The fourth-order valence-electron chi connectivity index (χ4n) is 2.69. The Bertz CT molecular complexity index is 484. The van der Waals surface area contributed by atoms with Crippen molar-refractivity contribution in [1.82, 2.24) is 4.90 Å². The molecule has 0 radical (unpaired) electrons. The first kappa shape index (κ1) is 14.6. The van der Waals surface area contributed by atoms with Gasteiger partial charge in [-0.1, -0.05) is 0 Å². The van der Waals surface area contributed by atoms with Gasteiger partial charge in [0.1, 0.15) is 0 Å². The Morgan fingerprint density at radius 3 is 2.84 bits per heavy atom. The first-order chi connectivity index (χ1) is 8.99. The lowest BCUT2D eigenvalue weighted by Gasteiger charge is -2.22. The molecule has 0 aliphatic carbocycles. The minimum atomic E-state index is -0.584. The van der Waals surface area contributed by atoms with Crippen LogP contribution in [0.2, 0.25) is 0 Å². The average Bonchev–Trinajstić information content (AvgIpc) is 2.76. The third-order valence-corrected chi connectivity index (χ3v) is 4.29. The molecule has 1 aromatic rings. The van der Waals surface area contributed by atoms with Crippen molar-refractivity contribution in [1.29, 1.82) is 0 Å². The van der Waals surface area contributed by atoms with Crippen LogP contribution in [0, 0.1) is 11.7 Å². The van der Waals surface area contributed by atoms with Gasteiger partial charge in [-0.3, -0.25) is 4.90 Å². The van der Waals surface area contributed by atoms with Crippen molar-refractivity contribution in [3.05, 3.63) is 21.9 Å². The van der Waals surface area contributed by atoms with Gasteiger partial charge in [0.15, 0.2) is 17.3 Å². The summed E-state index contributed by atoms with van der Waals surface area (Å²) in [7, 11) is 3.32. The number of nitrogens with zero attached hydrogens (tertiary/aromatic N) is 1. The highest BCUT2D eigenvalue weighted by atomic mass is 79.9. The molecule has 3 N–H and O–H groups in total. The lowest BCUT2D eigenvalue weighted by Crippen LogP contribution is -2.20. The van der Waals surface area contributed by atoms with Crippen molar-refractivity contribution in [2.75, 3.05) is 27.2 Å². The number of benzene rings is 1. The number of halogens is 2. The van der Waals surface area contributed by atoms with E-state index in [1.165, 1.54) is 7.11 Å². The molecule has 0 saturated carbocycles. The fourth-order valence-corrected chi connectivity index (χ4v) is 3.12. The van der Waals surface area contributed by atoms with E-state index in [-0.39, 0.29) is 17.5 Å². The minimum absolute atomic E-state index is 0.0272. The second-order valence-corrected chi connectivity index (χ2v) is 5.79. The van der Waals surface area contributed by atoms with Crippen molar-refractivity contribution in [2.24, 2.45) is 11.7 Å². The van der Waals surface area contributed by atoms with E-state index in [0.717, 1.165) is 13.0 Å². The van der Waals surface area contributed by atoms with E-state index >= 15 is 0 Å². The molecule has 2 rings (SSSR count). The quantitative estimate of drug-likeness (QED) is 0.891. The van der Waals surface area contributed by atoms with Gasteiger partial charge in [-0.05, 0) is 47.9 Å². The standard InChI is InChI=1S/C13H18BrFN2O2/c1-17-6-7(5-16)3-10(17)8-4-9(14)11(15)13(19-2)12(8)18/h4,7,10,18H,3,5-6,16H2,1-2H3. The van der Waals surface area contributed by atoms with Gasteiger partial charge in [-0.15, -0.1) is 0 Å². The molecule has 19 heavy (non-hydrogen) atoms. The van der Waals surface area contributed by atoms with E-state index in [0.29, 0.717) is 22.5 Å². The Hall–Kier alpha value is -0.850. The summed E-state index contributed by atoms with van der Waals surface area (Å²) in [6.07, 6.45) is 0.849. The number of methoxy groups -OCH3 is 1. The van der Waals surface area contributed by atoms with Gasteiger partial charge in [0, 0.05) is 18.2 Å². The van der Waals surface area contributed by atoms with Crippen molar-refractivity contribution in [3.63, 3.8) is 0 Å². The van der Waals surface area contributed by atoms with E-state index in [1.807, 2.05) is 7.05 Å². The molecule has 4 nitrogen and oxygen atoms in total. The van der Waals surface area contributed by atoms with E-state index in [4.69, 9.17) is 10.5 Å². The van der Waals surface area contributed by atoms with Crippen LogP contribution in [0.5, 0.6) is 11.5 Å². The number of nitrogens with two attached hydrogens (primary N) is 1. The normalized spacial score (nSPS) is 23.8. The summed E-state index contributed by atoms with van der Waals surface area (Å²) in [5.74, 6) is -0.435. The van der Waals surface area contributed by atoms with Crippen molar-refractivity contribution in [3.8, 4) is 11.5 Å². The van der Waals surface area contributed by atoms with Crippen LogP contribution in [0.25, 0.3) is 0 Å². The summed E-state index contributed by atoms with van der Waals surface area (Å²) in [5, 5.41) is 10.2. The Morgan fingerprint density at radius 2 is 2.32 bits per heavy atom. The summed E-state index contributed by atoms with van der Waals surface area (Å²) in [4.78, 5) is 2.12. The zero-order valence-electron chi connectivity index (χ0n) is 11.0. The average molecular weight is 333 g/mol. The highest BCUT2D eigenvalue weighted by Gasteiger charge is 2.33. The van der Waals surface area contributed by atoms with E-state index in [1.54, 1.807) is 6.07 Å². The van der Waals surface area contributed by atoms with Gasteiger partial charge >= 0.3 is 0 Å². The second-order valence-electron chi connectivity index (χ2n) is 4.94. The Morgan fingerprint density at radius 1 is 1.63 bits per heavy atom. The van der Waals surface area contributed by atoms with Gasteiger partial charge < -0.3 is 15.6 Å². The molecular formula is C13H18BrFN2O2. The SMILES string of the molecule is COc1c(O)c(C2CC(CN)CN2C)cc(Br)c1F. The summed E-state index contributed by atoms with van der Waals surface area (Å²) in [6.45, 7) is 1.49. The second kappa shape index (κ2) is 5.64. The zero-order chi connectivity index (χ0) is 14.2.